The van der Waals surface area contributed by atoms with Gasteiger partial charge in [-0.15, -0.1) is 0 Å². The van der Waals surface area contributed by atoms with Crippen LogP contribution in [0.4, 0.5) is 5.69 Å². The maximum atomic E-state index is 13.6. The van der Waals surface area contributed by atoms with Gasteiger partial charge in [0.25, 0.3) is 0 Å². The Bertz CT molecular complexity index is 1180. The topological polar surface area (TPSA) is 78.4 Å². The molecule has 0 aromatic heterocycles. The van der Waals surface area contributed by atoms with Crippen molar-refractivity contribution in [2.45, 2.75) is 25.3 Å². The van der Waals surface area contributed by atoms with Crippen molar-refractivity contribution >= 4 is 40.7 Å². The Hall–Kier alpha value is -3.02. The highest BCUT2D eigenvalue weighted by molar-refractivity contribution is 6.31. The SMILES string of the molecule is Cc1ccc(O)c([C@H]2NC(=O)C[C@@H](c3cccc(Cl)c3)C2C(=O)Nc2cccc(Cl)c2)c1. The second-order valence-electron chi connectivity index (χ2n) is 8.00. The lowest BCUT2D eigenvalue weighted by molar-refractivity contribution is -0.129. The highest BCUT2D eigenvalue weighted by Crippen LogP contribution is 2.43. The van der Waals surface area contributed by atoms with Crippen molar-refractivity contribution in [2.24, 2.45) is 5.92 Å². The number of phenolic OH excluding ortho intramolecular Hbond substituents is 1. The Morgan fingerprint density at radius 3 is 2.47 bits per heavy atom. The molecule has 1 saturated heterocycles. The number of aromatic hydroxyl groups is 1. The van der Waals surface area contributed by atoms with Gasteiger partial charge in [-0.3, -0.25) is 9.59 Å². The third-order valence-electron chi connectivity index (χ3n) is 5.70. The molecule has 32 heavy (non-hydrogen) atoms. The Kier molecular flexibility index (Phi) is 6.40. The molecule has 3 N–H and O–H groups in total. The molecule has 3 aromatic carbocycles. The van der Waals surface area contributed by atoms with E-state index >= 15 is 0 Å². The monoisotopic (exact) mass is 468 g/mol. The third-order valence-corrected chi connectivity index (χ3v) is 6.17. The molecule has 4 rings (SSSR count). The minimum absolute atomic E-state index is 0.0215. The van der Waals surface area contributed by atoms with Crippen LogP contribution in [-0.2, 0) is 9.59 Å². The number of benzene rings is 3. The fraction of sp³-hybridized carbons (Fsp3) is 0.200. The van der Waals surface area contributed by atoms with Gasteiger partial charge in [-0.25, -0.2) is 0 Å². The van der Waals surface area contributed by atoms with Crippen molar-refractivity contribution in [1.82, 2.24) is 5.32 Å². The van der Waals surface area contributed by atoms with Gasteiger partial charge in [0.2, 0.25) is 11.8 Å². The van der Waals surface area contributed by atoms with Gasteiger partial charge in [-0.1, -0.05) is 59.1 Å². The summed E-state index contributed by atoms with van der Waals surface area (Å²) in [5.74, 6) is -1.60. The van der Waals surface area contributed by atoms with Crippen LogP contribution < -0.4 is 10.6 Å². The third kappa shape index (κ3) is 4.74. The van der Waals surface area contributed by atoms with E-state index in [9.17, 15) is 14.7 Å². The molecule has 0 saturated carbocycles. The predicted octanol–water partition coefficient (Wildman–Crippen LogP) is 5.61. The van der Waals surface area contributed by atoms with Crippen LogP contribution in [0.2, 0.25) is 10.0 Å². The molecule has 0 radical (unpaired) electrons. The number of hydrogen-bond acceptors (Lipinski definition) is 3. The molecule has 0 bridgehead atoms. The van der Waals surface area contributed by atoms with E-state index in [0.717, 1.165) is 11.1 Å². The van der Waals surface area contributed by atoms with Crippen LogP contribution in [0.15, 0.2) is 66.7 Å². The Balaban J connectivity index is 1.80. The molecule has 1 heterocycles. The second-order valence-corrected chi connectivity index (χ2v) is 8.87. The summed E-state index contributed by atoms with van der Waals surface area (Å²) in [6.45, 7) is 1.89. The number of carbonyl (C=O) groups excluding carboxylic acids is 2. The van der Waals surface area contributed by atoms with E-state index in [2.05, 4.69) is 10.6 Å². The summed E-state index contributed by atoms with van der Waals surface area (Å²) in [7, 11) is 0. The lowest BCUT2D eigenvalue weighted by atomic mass is 9.73. The lowest BCUT2D eigenvalue weighted by Gasteiger charge is -2.38. The zero-order valence-electron chi connectivity index (χ0n) is 17.3. The standard InChI is InChI=1S/C25H22Cl2N2O3/c1-14-8-9-21(30)20(10-14)24-23(25(32)28-18-7-3-6-17(27)12-18)19(13-22(31)29-24)15-4-2-5-16(26)11-15/h2-12,19,23-24,30H,13H2,1H3,(H,28,32)(H,29,31)/t19-,23?,24+/m0/s1. The first kappa shape index (κ1) is 22.2. The maximum Gasteiger partial charge on any atom is 0.230 e. The van der Waals surface area contributed by atoms with Crippen molar-refractivity contribution in [3.63, 3.8) is 0 Å². The van der Waals surface area contributed by atoms with E-state index in [-0.39, 0.29) is 24.0 Å². The molecule has 0 aliphatic carbocycles. The van der Waals surface area contributed by atoms with E-state index in [1.165, 1.54) is 0 Å². The number of carbonyl (C=O) groups is 2. The van der Waals surface area contributed by atoms with Gasteiger partial charge >= 0.3 is 0 Å². The molecular formula is C25H22Cl2N2O3. The molecule has 3 aromatic rings. The summed E-state index contributed by atoms with van der Waals surface area (Å²) >= 11 is 12.3. The summed E-state index contributed by atoms with van der Waals surface area (Å²) in [4.78, 5) is 26.3. The van der Waals surface area contributed by atoms with E-state index in [0.29, 0.717) is 21.3 Å². The molecular weight excluding hydrogens is 447 g/mol. The van der Waals surface area contributed by atoms with Crippen molar-refractivity contribution in [1.29, 1.82) is 0 Å². The first-order valence-electron chi connectivity index (χ1n) is 10.2. The Labute approximate surface area is 196 Å². The van der Waals surface area contributed by atoms with E-state index in [4.69, 9.17) is 23.2 Å². The normalized spacial score (nSPS) is 20.5. The van der Waals surface area contributed by atoms with Crippen molar-refractivity contribution < 1.29 is 14.7 Å². The Morgan fingerprint density at radius 2 is 1.75 bits per heavy atom. The molecule has 0 spiro atoms. The van der Waals surface area contributed by atoms with Crippen molar-refractivity contribution in [2.75, 3.05) is 5.32 Å². The molecule has 1 aliphatic heterocycles. The van der Waals surface area contributed by atoms with Crippen LogP contribution in [0.3, 0.4) is 0 Å². The fourth-order valence-corrected chi connectivity index (χ4v) is 4.65. The quantitative estimate of drug-likeness (QED) is 0.465. The first-order chi connectivity index (χ1) is 15.3. The lowest BCUT2D eigenvalue weighted by Crippen LogP contribution is -2.47. The molecule has 3 atom stereocenters. The number of aryl methyl sites for hydroxylation is 1. The first-order valence-corrected chi connectivity index (χ1v) is 11.0. The molecule has 1 fully saturated rings. The number of rotatable bonds is 4. The number of phenols is 1. The number of amides is 2. The van der Waals surface area contributed by atoms with Crippen LogP contribution in [0.1, 0.15) is 35.1 Å². The largest absolute Gasteiger partial charge is 0.508 e. The van der Waals surface area contributed by atoms with Crippen LogP contribution in [-0.4, -0.2) is 16.9 Å². The van der Waals surface area contributed by atoms with Crippen LogP contribution in [0, 0.1) is 12.8 Å². The zero-order valence-corrected chi connectivity index (χ0v) is 18.8. The van der Waals surface area contributed by atoms with Crippen LogP contribution in [0.25, 0.3) is 0 Å². The number of hydrogen-bond donors (Lipinski definition) is 3. The molecule has 164 valence electrons. The van der Waals surface area contributed by atoms with Gasteiger partial charge in [0.1, 0.15) is 5.75 Å². The van der Waals surface area contributed by atoms with Gasteiger partial charge in [0.05, 0.1) is 12.0 Å². The summed E-state index contributed by atoms with van der Waals surface area (Å²) < 4.78 is 0. The van der Waals surface area contributed by atoms with Crippen molar-refractivity contribution in [3.05, 3.63) is 93.5 Å². The van der Waals surface area contributed by atoms with Crippen LogP contribution >= 0.6 is 23.2 Å². The van der Waals surface area contributed by atoms with E-state index < -0.39 is 17.9 Å². The summed E-state index contributed by atoms with van der Waals surface area (Å²) in [5, 5.41) is 17.5. The molecule has 1 unspecified atom stereocenters. The molecule has 5 nitrogen and oxygen atoms in total. The van der Waals surface area contributed by atoms with Gasteiger partial charge in [0, 0.05) is 33.6 Å². The minimum Gasteiger partial charge on any atom is -0.508 e. The van der Waals surface area contributed by atoms with E-state index in [1.807, 2.05) is 13.0 Å². The average molecular weight is 469 g/mol. The van der Waals surface area contributed by atoms with Gasteiger partial charge in [-0.2, -0.15) is 0 Å². The van der Waals surface area contributed by atoms with Crippen molar-refractivity contribution in [3.8, 4) is 5.75 Å². The van der Waals surface area contributed by atoms with Crippen LogP contribution in [0.5, 0.6) is 5.75 Å². The highest BCUT2D eigenvalue weighted by Gasteiger charge is 2.43. The zero-order chi connectivity index (χ0) is 22.8. The number of halogens is 2. The highest BCUT2D eigenvalue weighted by atomic mass is 35.5. The molecule has 1 aliphatic rings. The fourth-order valence-electron chi connectivity index (χ4n) is 4.26. The second kappa shape index (κ2) is 9.23. The molecule has 2 amide bonds. The number of nitrogens with one attached hydrogen (secondary N) is 2. The van der Waals surface area contributed by atoms with Gasteiger partial charge in [0.15, 0.2) is 0 Å². The Morgan fingerprint density at radius 1 is 1.03 bits per heavy atom. The van der Waals surface area contributed by atoms with Gasteiger partial charge < -0.3 is 15.7 Å². The van der Waals surface area contributed by atoms with Gasteiger partial charge in [-0.05, 0) is 48.9 Å². The smallest absolute Gasteiger partial charge is 0.230 e. The molecule has 7 heteroatoms. The van der Waals surface area contributed by atoms with E-state index in [1.54, 1.807) is 60.7 Å². The summed E-state index contributed by atoms with van der Waals surface area (Å²) in [6, 6.07) is 18.5. The minimum atomic E-state index is -0.723. The summed E-state index contributed by atoms with van der Waals surface area (Å²) in [5.41, 5.74) is 2.74. The number of anilines is 1. The summed E-state index contributed by atoms with van der Waals surface area (Å²) in [6.07, 6.45) is 0.122. The number of piperidine rings is 1. The average Bonchev–Trinajstić information content (AvgIpc) is 2.74. The maximum absolute atomic E-state index is 13.6. The predicted molar refractivity (Wildman–Crippen MR) is 126 cm³/mol.